The summed E-state index contributed by atoms with van der Waals surface area (Å²) >= 11 is 0. The van der Waals surface area contributed by atoms with Gasteiger partial charge in [0.05, 0.1) is 18.1 Å². The van der Waals surface area contributed by atoms with Gasteiger partial charge in [-0.15, -0.1) is 0 Å². The molecule has 0 bridgehead atoms. The molecule has 0 saturated heterocycles. The molecule has 0 heterocycles. The van der Waals surface area contributed by atoms with Gasteiger partial charge in [-0.25, -0.2) is 0 Å². The average molecular weight is 236 g/mol. The number of ether oxygens (including phenoxy) is 1. The van der Waals surface area contributed by atoms with Gasteiger partial charge in [-0.05, 0) is 13.3 Å². The van der Waals surface area contributed by atoms with Crippen molar-refractivity contribution in [3.8, 4) is 5.75 Å². The molecule has 0 saturated carbocycles. The van der Waals surface area contributed by atoms with Crippen LogP contribution in [0.2, 0.25) is 0 Å². The summed E-state index contributed by atoms with van der Waals surface area (Å²) in [4.78, 5) is 10.3. The highest BCUT2D eigenvalue weighted by atomic mass is 16.6. The largest absolute Gasteiger partial charge is 0.496 e. The molecular formula is C12H16N2O3. The Morgan fingerprint density at radius 3 is 2.82 bits per heavy atom. The van der Waals surface area contributed by atoms with E-state index in [4.69, 9.17) is 4.74 Å². The topological polar surface area (TPSA) is 64.4 Å². The molecule has 1 aromatic rings. The molecule has 0 aliphatic heterocycles. The van der Waals surface area contributed by atoms with Crippen LogP contribution in [0, 0.1) is 10.1 Å². The molecule has 0 spiro atoms. The first kappa shape index (κ1) is 13.0. The Labute approximate surface area is 100 Å². The molecule has 92 valence electrons. The summed E-state index contributed by atoms with van der Waals surface area (Å²) in [6, 6.07) is 4.64. The van der Waals surface area contributed by atoms with E-state index in [2.05, 4.69) is 5.32 Å². The van der Waals surface area contributed by atoms with Gasteiger partial charge in [0.15, 0.2) is 0 Å². The fourth-order valence-electron chi connectivity index (χ4n) is 1.38. The van der Waals surface area contributed by atoms with Gasteiger partial charge in [0, 0.05) is 24.4 Å². The third-order valence-corrected chi connectivity index (χ3v) is 2.21. The van der Waals surface area contributed by atoms with Crippen molar-refractivity contribution in [3.05, 3.63) is 40.5 Å². The van der Waals surface area contributed by atoms with Crippen molar-refractivity contribution in [3.63, 3.8) is 0 Å². The highest BCUT2D eigenvalue weighted by molar-refractivity contribution is 5.56. The minimum Gasteiger partial charge on any atom is -0.496 e. The van der Waals surface area contributed by atoms with Gasteiger partial charge in [0.1, 0.15) is 5.75 Å². The third kappa shape index (κ3) is 4.14. The zero-order valence-electron chi connectivity index (χ0n) is 9.97. The lowest BCUT2D eigenvalue weighted by Gasteiger charge is -2.07. The Bertz CT molecular complexity index is 416. The quantitative estimate of drug-likeness (QED) is 0.357. The van der Waals surface area contributed by atoms with Crippen molar-refractivity contribution in [1.29, 1.82) is 0 Å². The van der Waals surface area contributed by atoms with Crippen LogP contribution in [0.15, 0.2) is 30.4 Å². The first-order chi connectivity index (χ1) is 8.17. The molecular weight excluding hydrogens is 220 g/mol. The van der Waals surface area contributed by atoms with E-state index in [1.807, 2.05) is 19.1 Å². The van der Waals surface area contributed by atoms with Crippen LogP contribution >= 0.6 is 0 Å². The highest BCUT2D eigenvalue weighted by Crippen LogP contribution is 2.25. The summed E-state index contributed by atoms with van der Waals surface area (Å²) in [6.45, 7) is 2.69. The summed E-state index contributed by atoms with van der Waals surface area (Å²) in [5.41, 5.74) is 0.721. The van der Waals surface area contributed by atoms with Crippen molar-refractivity contribution in [2.45, 2.75) is 13.3 Å². The fraction of sp³-hybridized carbons (Fsp3) is 0.333. The molecule has 0 aliphatic carbocycles. The number of non-ortho nitro benzene ring substituents is 1. The lowest BCUT2D eigenvalue weighted by molar-refractivity contribution is -0.384. The van der Waals surface area contributed by atoms with Gasteiger partial charge >= 0.3 is 0 Å². The second-order valence-electron chi connectivity index (χ2n) is 3.46. The number of nitrogens with one attached hydrogen (secondary N) is 1. The minimum absolute atomic E-state index is 0.0258. The molecule has 17 heavy (non-hydrogen) atoms. The van der Waals surface area contributed by atoms with Crippen molar-refractivity contribution >= 4 is 11.4 Å². The van der Waals surface area contributed by atoms with Gasteiger partial charge < -0.3 is 10.1 Å². The van der Waals surface area contributed by atoms with Crippen LogP contribution in [-0.2, 0) is 0 Å². The Morgan fingerprint density at radius 2 is 2.24 bits per heavy atom. The molecule has 0 fully saturated rings. The van der Waals surface area contributed by atoms with E-state index < -0.39 is 4.92 Å². The third-order valence-electron chi connectivity index (χ3n) is 2.21. The number of hydrogen-bond donors (Lipinski definition) is 1. The molecule has 5 nitrogen and oxygen atoms in total. The lowest BCUT2D eigenvalue weighted by Crippen LogP contribution is -2.01. The molecule has 0 amide bonds. The average Bonchev–Trinajstić information content (AvgIpc) is 2.34. The summed E-state index contributed by atoms with van der Waals surface area (Å²) in [7, 11) is 1.49. The molecule has 1 rings (SSSR count). The van der Waals surface area contributed by atoms with E-state index in [-0.39, 0.29) is 5.69 Å². The number of nitro benzene ring substituents is 1. The lowest BCUT2D eigenvalue weighted by atomic mass is 10.2. The first-order valence-electron chi connectivity index (χ1n) is 5.36. The van der Waals surface area contributed by atoms with Gasteiger partial charge in [-0.2, -0.15) is 0 Å². The standard InChI is InChI=1S/C12H16N2O3/c1-3-4-5-6-13-10-7-11(14(15)16)9-12(8-10)17-2/h3-4,7-9,13H,5-6H2,1-2H3/b4-3+. The zero-order valence-corrected chi connectivity index (χ0v) is 9.97. The first-order valence-corrected chi connectivity index (χ1v) is 5.36. The number of methoxy groups -OCH3 is 1. The van der Waals surface area contributed by atoms with E-state index in [0.29, 0.717) is 11.4 Å². The van der Waals surface area contributed by atoms with Crippen molar-refractivity contribution < 1.29 is 9.66 Å². The van der Waals surface area contributed by atoms with Crippen LogP contribution in [0.25, 0.3) is 0 Å². The molecule has 1 aromatic carbocycles. The summed E-state index contributed by atoms with van der Waals surface area (Å²) < 4.78 is 5.01. The van der Waals surface area contributed by atoms with Gasteiger partial charge in [0.2, 0.25) is 0 Å². The Hall–Kier alpha value is -2.04. The minimum atomic E-state index is -0.431. The van der Waals surface area contributed by atoms with Gasteiger partial charge in [0.25, 0.3) is 5.69 Å². The van der Waals surface area contributed by atoms with Gasteiger partial charge in [-0.1, -0.05) is 12.2 Å². The molecule has 0 aliphatic rings. The summed E-state index contributed by atoms with van der Waals surface area (Å²) in [5, 5.41) is 13.8. The number of allylic oxidation sites excluding steroid dienone is 1. The molecule has 0 atom stereocenters. The van der Waals surface area contributed by atoms with Crippen LogP contribution in [0.3, 0.4) is 0 Å². The molecule has 0 radical (unpaired) electrons. The predicted octanol–water partition coefficient (Wildman–Crippen LogP) is 2.98. The molecule has 1 N–H and O–H groups in total. The molecule has 0 aromatic heterocycles. The SMILES string of the molecule is C/C=C/CCNc1cc(OC)cc([N+](=O)[O-])c1. The maximum Gasteiger partial charge on any atom is 0.275 e. The van der Waals surface area contributed by atoms with E-state index in [1.54, 1.807) is 6.07 Å². The fourth-order valence-corrected chi connectivity index (χ4v) is 1.38. The van der Waals surface area contributed by atoms with Gasteiger partial charge in [-0.3, -0.25) is 10.1 Å². The Balaban J connectivity index is 2.76. The summed E-state index contributed by atoms with van der Waals surface area (Å²) in [5.74, 6) is 0.479. The van der Waals surface area contributed by atoms with Crippen LogP contribution in [0.4, 0.5) is 11.4 Å². The van der Waals surface area contributed by atoms with Crippen LogP contribution in [0.5, 0.6) is 5.75 Å². The zero-order chi connectivity index (χ0) is 12.7. The van der Waals surface area contributed by atoms with Crippen LogP contribution < -0.4 is 10.1 Å². The van der Waals surface area contributed by atoms with E-state index in [0.717, 1.165) is 13.0 Å². The Kier molecular flexibility index (Phi) is 5.00. The monoisotopic (exact) mass is 236 g/mol. The number of rotatable bonds is 6. The molecule has 0 unspecified atom stereocenters. The van der Waals surface area contributed by atoms with E-state index >= 15 is 0 Å². The number of nitro groups is 1. The molecule has 5 heteroatoms. The second-order valence-corrected chi connectivity index (χ2v) is 3.46. The maximum atomic E-state index is 10.7. The number of nitrogens with zero attached hydrogens (tertiary/aromatic N) is 1. The summed E-state index contributed by atoms with van der Waals surface area (Å²) in [6.07, 6.45) is 4.87. The number of anilines is 1. The van der Waals surface area contributed by atoms with Crippen molar-refractivity contribution in [2.75, 3.05) is 19.0 Å². The highest BCUT2D eigenvalue weighted by Gasteiger charge is 2.09. The van der Waals surface area contributed by atoms with Crippen molar-refractivity contribution in [2.24, 2.45) is 0 Å². The second kappa shape index (κ2) is 6.52. The van der Waals surface area contributed by atoms with Crippen molar-refractivity contribution in [1.82, 2.24) is 0 Å². The van der Waals surface area contributed by atoms with E-state index in [1.165, 1.54) is 19.2 Å². The normalized spacial score (nSPS) is 10.5. The van der Waals surface area contributed by atoms with E-state index in [9.17, 15) is 10.1 Å². The van der Waals surface area contributed by atoms with Crippen LogP contribution in [-0.4, -0.2) is 18.6 Å². The number of benzene rings is 1. The maximum absolute atomic E-state index is 10.7. The predicted molar refractivity (Wildman–Crippen MR) is 67.6 cm³/mol. The van der Waals surface area contributed by atoms with Crippen LogP contribution in [0.1, 0.15) is 13.3 Å². The smallest absolute Gasteiger partial charge is 0.275 e. The Morgan fingerprint density at radius 1 is 1.47 bits per heavy atom. The number of hydrogen-bond acceptors (Lipinski definition) is 4.